The van der Waals surface area contributed by atoms with Gasteiger partial charge in [-0.1, -0.05) is 48.5 Å². The van der Waals surface area contributed by atoms with E-state index >= 15 is 0 Å². The maximum absolute atomic E-state index is 12.4. The lowest BCUT2D eigenvalue weighted by atomic mass is 10.1. The maximum atomic E-state index is 12.4. The molecule has 0 saturated heterocycles. The van der Waals surface area contributed by atoms with Gasteiger partial charge in [-0.15, -0.1) is 10.2 Å². The number of thioether (sulfide) groups is 1. The first-order valence-electron chi connectivity index (χ1n) is 10.0. The second-order valence-corrected chi connectivity index (χ2v) is 8.26. The van der Waals surface area contributed by atoms with Crippen LogP contribution in [-0.4, -0.2) is 26.4 Å². The summed E-state index contributed by atoms with van der Waals surface area (Å²) in [6.45, 7) is 8.09. The van der Waals surface area contributed by atoms with Gasteiger partial charge < -0.3 is 14.6 Å². The maximum Gasteiger partial charge on any atom is 0.234 e. The quantitative estimate of drug-likeness (QED) is 0.523. The molecule has 0 aliphatic carbocycles. The summed E-state index contributed by atoms with van der Waals surface area (Å²) >= 11 is 1.35. The molecule has 2 aromatic carbocycles. The minimum absolute atomic E-state index is 0.0724. The van der Waals surface area contributed by atoms with Crippen molar-refractivity contribution in [3.63, 3.8) is 0 Å². The molecule has 1 N–H and O–H groups in total. The zero-order chi connectivity index (χ0) is 21.7. The highest BCUT2D eigenvalue weighted by Crippen LogP contribution is 2.24. The van der Waals surface area contributed by atoms with Gasteiger partial charge in [0.1, 0.15) is 5.75 Å². The van der Waals surface area contributed by atoms with Crippen molar-refractivity contribution in [3.8, 4) is 5.75 Å². The van der Waals surface area contributed by atoms with Crippen LogP contribution in [0.5, 0.6) is 5.75 Å². The van der Waals surface area contributed by atoms with Crippen molar-refractivity contribution in [1.82, 2.24) is 14.8 Å². The van der Waals surface area contributed by atoms with Crippen molar-refractivity contribution < 1.29 is 9.53 Å². The number of carbonyl (C=O) groups is 1. The Morgan fingerprint density at radius 2 is 1.90 bits per heavy atom. The average molecular weight is 425 g/mol. The Morgan fingerprint density at radius 1 is 1.17 bits per heavy atom. The Balaban J connectivity index is 1.58. The van der Waals surface area contributed by atoms with Crippen LogP contribution < -0.4 is 10.1 Å². The Morgan fingerprint density at radius 3 is 2.57 bits per heavy atom. The van der Waals surface area contributed by atoms with Crippen molar-refractivity contribution >= 4 is 23.4 Å². The van der Waals surface area contributed by atoms with Crippen LogP contribution in [0.25, 0.3) is 0 Å². The highest BCUT2D eigenvalue weighted by atomic mass is 32.2. The number of anilines is 1. The van der Waals surface area contributed by atoms with Crippen LogP contribution in [-0.2, 0) is 18.3 Å². The van der Waals surface area contributed by atoms with Crippen LogP contribution in [0.4, 0.5) is 5.69 Å². The second kappa shape index (κ2) is 9.80. The molecule has 0 radical (unpaired) electrons. The third kappa shape index (κ3) is 5.42. The summed E-state index contributed by atoms with van der Waals surface area (Å²) in [4.78, 5) is 12.4. The lowest BCUT2D eigenvalue weighted by Crippen LogP contribution is -2.15. The van der Waals surface area contributed by atoms with E-state index in [0.717, 1.165) is 23.4 Å². The van der Waals surface area contributed by atoms with E-state index in [0.29, 0.717) is 11.0 Å². The van der Waals surface area contributed by atoms with Gasteiger partial charge in [0.05, 0.1) is 5.75 Å². The second-order valence-electron chi connectivity index (χ2n) is 7.31. The number of hydrogen-bond acceptors (Lipinski definition) is 5. The molecule has 1 heterocycles. The molecular formula is C23H28N4O2S. The SMILES string of the molecule is CCc1ccc(O[C@@H](C)c2nnc(SCC(=O)Nc3ccc(C)cc3C)n2C)cc1. The summed E-state index contributed by atoms with van der Waals surface area (Å²) in [5.74, 6) is 1.70. The Bertz CT molecular complexity index is 1010. The van der Waals surface area contributed by atoms with Gasteiger partial charge >= 0.3 is 0 Å². The monoisotopic (exact) mass is 424 g/mol. The fourth-order valence-corrected chi connectivity index (χ4v) is 3.85. The minimum atomic E-state index is -0.256. The first kappa shape index (κ1) is 21.9. The highest BCUT2D eigenvalue weighted by molar-refractivity contribution is 7.99. The minimum Gasteiger partial charge on any atom is -0.483 e. The zero-order valence-corrected chi connectivity index (χ0v) is 18.9. The number of ether oxygens (including phenoxy) is 1. The van der Waals surface area contributed by atoms with Gasteiger partial charge in [0.2, 0.25) is 5.91 Å². The molecule has 30 heavy (non-hydrogen) atoms. The molecule has 1 amide bonds. The van der Waals surface area contributed by atoms with Crippen molar-refractivity contribution in [2.45, 2.75) is 45.4 Å². The summed E-state index contributed by atoms with van der Waals surface area (Å²) in [6.07, 6.45) is 0.741. The smallest absolute Gasteiger partial charge is 0.234 e. The molecule has 0 unspecified atom stereocenters. The molecule has 0 aliphatic rings. The first-order valence-corrected chi connectivity index (χ1v) is 11.0. The van der Waals surface area contributed by atoms with E-state index in [9.17, 15) is 4.79 Å². The number of rotatable bonds is 8. The van der Waals surface area contributed by atoms with Crippen LogP contribution in [0.15, 0.2) is 47.6 Å². The topological polar surface area (TPSA) is 69.0 Å². The van der Waals surface area contributed by atoms with E-state index in [4.69, 9.17) is 4.74 Å². The summed E-state index contributed by atoms with van der Waals surface area (Å²) in [7, 11) is 1.89. The summed E-state index contributed by atoms with van der Waals surface area (Å²) in [5, 5.41) is 12.1. The van der Waals surface area contributed by atoms with Gasteiger partial charge in [0.15, 0.2) is 17.1 Å². The number of nitrogens with one attached hydrogen (secondary N) is 1. The largest absolute Gasteiger partial charge is 0.483 e. The predicted octanol–water partition coefficient (Wildman–Crippen LogP) is 4.87. The van der Waals surface area contributed by atoms with Gasteiger partial charge in [-0.05, 0) is 56.5 Å². The molecule has 0 aliphatic heterocycles. The van der Waals surface area contributed by atoms with Crippen LogP contribution in [0.1, 0.15) is 42.5 Å². The molecule has 0 spiro atoms. The van der Waals surface area contributed by atoms with Crippen LogP contribution in [0, 0.1) is 13.8 Å². The fraction of sp³-hybridized carbons (Fsp3) is 0.348. The number of benzene rings is 2. The lowest BCUT2D eigenvalue weighted by Gasteiger charge is -2.14. The summed E-state index contributed by atoms with van der Waals surface area (Å²) in [5.41, 5.74) is 4.32. The lowest BCUT2D eigenvalue weighted by molar-refractivity contribution is -0.113. The molecule has 0 bridgehead atoms. The van der Waals surface area contributed by atoms with Gasteiger partial charge in [-0.25, -0.2) is 0 Å². The summed E-state index contributed by atoms with van der Waals surface area (Å²) in [6, 6.07) is 14.0. The van der Waals surface area contributed by atoms with Crippen molar-refractivity contribution in [1.29, 1.82) is 0 Å². The number of carbonyl (C=O) groups excluding carboxylic acids is 1. The van der Waals surface area contributed by atoms with E-state index in [1.54, 1.807) is 0 Å². The predicted molar refractivity (Wildman–Crippen MR) is 121 cm³/mol. The van der Waals surface area contributed by atoms with Crippen LogP contribution >= 0.6 is 11.8 Å². The Labute approximate surface area is 182 Å². The third-order valence-electron chi connectivity index (χ3n) is 4.87. The standard InChI is InChI=1S/C23H28N4O2S/c1-6-18-8-10-19(11-9-18)29-17(4)22-25-26-23(27(22)5)30-14-21(28)24-20-12-7-15(2)13-16(20)3/h7-13,17H,6,14H2,1-5H3,(H,24,28)/t17-/m0/s1. The molecule has 3 rings (SSSR count). The van der Waals surface area contributed by atoms with Gasteiger partial charge in [0, 0.05) is 12.7 Å². The molecule has 1 atom stereocenters. The zero-order valence-electron chi connectivity index (χ0n) is 18.1. The highest BCUT2D eigenvalue weighted by Gasteiger charge is 2.18. The number of amides is 1. The first-order chi connectivity index (χ1) is 14.4. The number of aromatic nitrogens is 3. The third-order valence-corrected chi connectivity index (χ3v) is 5.89. The molecule has 0 fully saturated rings. The number of hydrogen-bond donors (Lipinski definition) is 1. The molecule has 7 heteroatoms. The molecule has 3 aromatic rings. The summed E-state index contributed by atoms with van der Waals surface area (Å²) < 4.78 is 7.88. The van der Waals surface area contributed by atoms with E-state index < -0.39 is 0 Å². The van der Waals surface area contributed by atoms with Gasteiger partial charge in [-0.3, -0.25) is 4.79 Å². The Kier molecular flexibility index (Phi) is 7.15. The van der Waals surface area contributed by atoms with Crippen molar-refractivity contribution in [3.05, 3.63) is 65.0 Å². The molecule has 1 aromatic heterocycles. The van der Waals surface area contributed by atoms with Gasteiger partial charge in [0.25, 0.3) is 0 Å². The molecule has 0 saturated carbocycles. The van der Waals surface area contributed by atoms with E-state index in [1.807, 2.05) is 56.7 Å². The fourth-order valence-electron chi connectivity index (χ4n) is 3.14. The van der Waals surface area contributed by atoms with Crippen molar-refractivity contribution in [2.75, 3.05) is 11.1 Å². The van der Waals surface area contributed by atoms with Crippen LogP contribution in [0.2, 0.25) is 0 Å². The normalized spacial score (nSPS) is 11.9. The van der Waals surface area contributed by atoms with Crippen LogP contribution in [0.3, 0.4) is 0 Å². The van der Waals surface area contributed by atoms with Gasteiger partial charge in [-0.2, -0.15) is 0 Å². The number of nitrogens with zero attached hydrogens (tertiary/aromatic N) is 3. The van der Waals surface area contributed by atoms with E-state index in [2.05, 4.69) is 40.6 Å². The van der Waals surface area contributed by atoms with Crippen molar-refractivity contribution in [2.24, 2.45) is 7.05 Å². The number of aryl methyl sites for hydroxylation is 3. The molecule has 158 valence electrons. The Hall–Kier alpha value is -2.80. The van der Waals surface area contributed by atoms with E-state index in [1.165, 1.54) is 22.9 Å². The van der Waals surface area contributed by atoms with E-state index in [-0.39, 0.29) is 17.8 Å². The molecular weight excluding hydrogens is 396 g/mol. The average Bonchev–Trinajstić information content (AvgIpc) is 3.09. The molecule has 6 nitrogen and oxygen atoms in total.